The average Bonchev–Trinajstić information content (AvgIpc) is 2.48. The summed E-state index contributed by atoms with van der Waals surface area (Å²) >= 11 is 0. The fourth-order valence-electron chi connectivity index (χ4n) is 2.47. The van der Waals surface area contributed by atoms with E-state index in [1.807, 2.05) is 13.1 Å². The summed E-state index contributed by atoms with van der Waals surface area (Å²) in [6.45, 7) is 3.39. The third-order valence-corrected chi connectivity index (χ3v) is 6.87. The van der Waals surface area contributed by atoms with Crippen molar-refractivity contribution >= 4 is 20.8 Å². The van der Waals surface area contributed by atoms with Gasteiger partial charge in [0.1, 0.15) is 0 Å². The van der Waals surface area contributed by atoms with Gasteiger partial charge in [-0.2, -0.15) is 4.31 Å². The minimum atomic E-state index is -3.48. The van der Waals surface area contributed by atoms with Gasteiger partial charge in [-0.25, -0.2) is 8.42 Å². The molecule has 21 heavy (non-hydrogen) atoms. The maximum Gasteiger partial charge on any atom is 0.243 e. The Labute approximate surface area is 129 Å². The van der Waals surface area contributed by atoms with E-state index in [4.69, 9.17) is 0 Å². The van der Waals surface area contributed by atoms with Crippen LogP contribution in [0.3, 0.4) is 0 Å². The maximum atomic E-state index is 12.7. The van der Waals surface area contributed by atoms with Crippen LogP contribution in [-0.2, 0) is 33.8 Å². The molecular formula is C14H22N2O3S2. The zero-order valence-electron chi connectivity index (χ0n) is 12.5. The predicted molar refractivity (Wildman–Crippen MR) is 85.2 cm³/mol. The smallest absolute Gasteiger partial charge is 0.243 e. The van der Waals surface area contributed by atoms with E-state index in [0.29, 0.717) is 36.0 Å². The van der Waals surface area contributed by atoms with E-state index in [9.17, 15) is 12.6 Å². The molecule has 1 fully saturated rings. The molecule has 5 nitrogen and oxygen atoms in total. The van der Waals surface area contributed by atoms with Crippen molar-refractivity contribution in [2.24, 2.45) is 0 Å². The normalized spacial score (nSPS) is 18.0. The second kappa shape index (κ2) is 7.00. The zero-order chi connectivity index (χ0) is 15.5. The van der Waals surface area contributed by atoms with E-state index in [-0.39, 0.29) is 0 Å². The lowest BCUT2D eigenvalue weighted by Crippen LogP contribution is -2.41. The van der Waals surface area contributed by atoms with E-state index in [2.05, 4.69) is 12.2 Å². The molecule has 1 heterocycles. The van der Waals surface area contributed by atoms with Gasteiger partial charge in [-0.05, 0) is 36.7 Å². The van der Waals surface area contributed by atoms with Crippen molar-refractivity contribution in [1.82, 2.24) is 9.62 Å². The third-order valence-electron chi connectivity index (χ3n) is 3.70. The van der Waals surface area contributed by atoms with Gasteiger partial charge < -0.3 is 5.32 Å². The molecule has 2 rings (SSSR count). The van der Waals surface area contributed by atoms with Crippen molar-refractivity contribution in [3.8, 4) is 0 Å². The molecule has 0 radical (unpaired) electrons. The molecule has 1 saturated heterocycles. The number of hydrogen-bond donors (Lipinski definition) is 1. The first-order valence-electron chi connectivity index (χ1n) is 7.10. The van der Waals surface area contributed by atoms with E-state index < -0.39 is 20.8 Å². The third kappa shape index (κ3) is 3.71. The van der Waals surface area contributed by atoms with E-state index >= 15 is 0 Å². The summed E-state index contributed by atoms with van der Waals surface area (Å²) < 4.78 is 38.1. The number of nitrogens with one attached hydrogen (secondary N) is 1. The standard InChI is InChI=1S/C14H22N2O3S2/c1-3-12-4-5-14(10-13(12)11-15-2)21(18,19)16-6-8-20(17)9-7-16/h4-5,10,15H,3,6-9,11H2,1-2H3. The Morgan fingerprint density at radius 2 is 1.90 bits per heavy atom. The van der Waals surface area contributed by atoms with Gasteiger partial charge in [0.2, 0.25) is 10.0 Å². The molecule has 118 valence electrons. The molecule has 1 aromatic rings. The van der Waals surface area contributed by atoms with Crippen molar-refractivity contribution in [1.29, 1.82) is 0 Å². The average molecular weight is 330 g/mol. The highest BCUT2D eigenvalue weighted by Crippen LogP contribution is 2.21. The molecule has 7 heteroatoms. The van der Waals surface area contributed by atoms with Crippen LogP contribution >= 0.6 is 0 Å². The second-order valence-corrected chi connectivity index (χ2v) is 8.70. The van der Waals surface area contributed by atoms with Crippen LogP contribution in [0, 0.1) is 0 Å². The van der Waals surface area contributed by atoms with Crippen LogP contribution in [0.5, 0.6) is 0 Å². The molecule has 0 aliphatic carbocycles. The van der Waals surface area contributed by atoms with Crippen molar-refractivity contribution in [2.75, 3.05) is 31.6 Å². The molecule has 1 aliphatic rings. The summed E-state index contributed by atoms with van der Waals surface area (Å²) in [5, 5.41) is 3.07. The number of rotatable bonds is 5. The van der Waals surface area contributed by atoms with Crippen molar-refractivity contribution < 1.29 is 12.6 Å². The van der Waals surface area contributed by atoms with Gasteiger partial charge in [0.15, 0.2) is 0 Å². The second-order valence-electron chi connectivity index (χ2n) is 5.07. The fourth-order valence-corrected chi connectivity index (χ4v) is 5.25. The molecule has 0 amide bonds. The topological polar surface area (TPSA) is 66.5 Å². The molecule has 1 aromatic carbocycles. The minimum Gasteiger partial charge on any atom is -0.316 e. The Hall–Kier alpha value is -0.760. The minimum absolute atomic E-state index is 0.331. The van der Waals surface area contributed by atoms with Crippen LogP contribution in [0.4, 0.5) is 0 Å². The largest absolute Gasteiger partial charge is 0.316 e. The van der Waals surface area contributed by atoms with Gasteiger partial charge in [-0.15, -0.1) is 0 Å². The van der Waals surface area contributed by atoms with Gasteiger partial charge in [-0.3, -0.25) is 4.21 Å². The van der Waals surface area contributed by atoms with Crippen LogP contribution in [0.1, 0.15) is 18.1 Å². The molecule has 0 unspecified atom stereocenters. The Morgan fingerprint density at radius 1 is 1.24 bits per heavy atom. The van der Waals surface area contributed by atoms with Gasteiger partial charge in [0.05, 0.1) is 4.90 Å². The van der Waals surface area contributed by atoms with Crippen molar-refractivity contribution in [2.45, 2.75) is 24.8 Å². The molecule has 1 aliphatic heterocycles. The summed E-state index contributed by atoms with van der Waals surface area (Å²) in [6.07, 6.45) is 0.875. The Balaban J connectivity index is 2.31. The maximum absolute atomic E-state index is 12.7. The molecular weight excluding hydrogens is 308 g/mol. The molecule has 1 N–H and O–H groups in total. The number of sulfonamides is 1. The van der Waals surface area contributed by atoms with E-state index in [1.54, 1.807) is 12.1 Å². The summed E-state index contributed by atoms with van der Waals surface area (Å²) in [4.78, 5) is 0.331. The fraction of sp³-hybridized carbons (Fsp3) is 0.571. The van der Waals surface area contributed by atoms with E-state index in [0.717, 1.165) is 17.5 Å². The first kappa shape index (κ1) is 16.6. The zero-order valence-corrected chi connectivity index (χ0v) is 14.1. The Bertz CT molecular complexity index is 619. The number of benzene rings is 1. The van der Waals surface area contributed by atoms with Gasteiger partial charge in [0.25, 0.3) is 0 Å². The molecule has 0 atom stereocenters. The number of aryl methyl sites for hydroxylation is 1. The summed E-state index contributed by atoms with van der Waals surface area (Å²) in [7, 11) is -2.51. The molecule has 0 aromatic heterocycles. The Morgan fingerprint density at radius 3 is 2.48 bits per heavy atom. The van der Waals surface area contributed by atoms with Crippen LogP contribution in [0.15, 0.2) is 23.1 Å². The highest BCUT2D eigenvalue weighted by molar-refractivity contribution is 7.89. The van der Waals surface area contributed by atoms with Gasteiger partial charge in [-0.1, -0.05) is 13.0 Å². The number of hydrogen-bond acceptors (Lipinski definition) is 4. The van der Waals surface area contributed by atoms with Crippen LogP contribution < -0.4 is 5.32 Å². The summed E-state index contributed by atoms with van der Waals surface area (Å²) in [6, 6.07) is 5.33. The lowest BCUT2D eigenvalue weighted by molar-refractivity contribution is 0.438. The van der Waals surface area contributed by atoms with Crippen LogP contribution in [0.25, 0.3) is 0 Å². The number of nitrogens with zero attached hydrogens (tertiary/aromatic N) is 1. The van der Waals surface area contributed by atoms with Crippen LogP contribution in [0.2, 0.25) is 0 Å². The SMILES string of the molecule is CCc1ccc(S(=O)(=O)N2CCS(=O)CC2)cc1CNC. The molecule has 0 saturated carbocycles. The predicted octanol–water partition coefficient (Wildman–Crippen LogP) is 0.721. The first-order chi connectivity index (χ1) is 9.98. The monoisotopic (exact) mass is 330 g/mol. The van der Waals surface area contributed by atoms with Crippen molar-refractivity contribution in [3.05, 3.63) is 29.3 Å². The lowest BCUT2D eigenvalue weighted by atomic mass is 10.1. The summed E-state index contributed by atoms with van der Waals surface area (Å²) in [5.74, 6) is 0.852. The van der Waals surface area contributed by atoms with Crippen LogP contribution in [-0.4, -0.2) is 48.6 Å². The highest BCUT2D eigenvalue weighted by Gasteiger charge is 2.28. The molecule has 0 spiro atoms. The summed E-state index contributed by atoms with van der Waals surface area (Å²) in [5.41, 5.74) is 2.17. The molecule has 0 bridgehead atoms. The van der Waals surface area contributed by atoms with E-state index in [1.165, 1.54) is 4.31 Å². The lowest BCUT2D eigenvalue weighted by Gasteiger charge is -2.26. The van der Waals surface area contributed by atoms with Crippen molar-refractivity contribution in [3.63, 3.8) is 0 Å². The first-order valence-corrected chi connectivity index (χ1v) is 10.0. The van der Waals surface area contributed by atoms with Gasteiger partial charge in [0, 0.05) is 41.9 Å². The van der Waals surface area contributed by atoms with Gasteiger partial charge >= 0.3 is 0 Å². The quantitative estimate of drug-likeness (QED) is 0.864. The highest BCUT2D eigenvalue weighted by atomic mass is 32.2. The Kier molecular flexibility index (Phi) is 5.54.